The van der Waals surface area contributed by atoms with E-state index >= 15 is 0 Å². The van der Waals surface area contributed by atoms with E-state index in [9.17, 15) is 0 Å². The van der Waals surface area contributed by atoms with Crippen molar-refractivity contribution in [3.63, 3.8) is 0 Å². The number of hydrogen-bond donors (Lipinski definition) is 0. The summed E-state index contributed by atoms with van der Waals surface area (Å²) in [5.41, 5.74) is 1.04. The maximum atomic E-state index is 5.79. The predicted molar refractivity (Wildman–Crippen MR) is 73.7 cm³/mol. The third-order valence-corrected chi connectivity index (χ3v) is 2.71. The summed E-state index contributed by atoms with van der Waals surface area (Å²) in [6.07, 6.45) is 0. The summed E-state index contributed by atoms with van der Waals surface area (Å²) >= 11 is 5.79. The van der Waals surface area contributed by atoms with Gasteiger partial charge in [0.2, 0.25) is 0 Å². The lowest BCUT2D eigenvalue weighted by Gasteiger charge is -2.08. The minimum absolute atomic E-state index is 0.482. The Labute approximate surface area is 112 Å². The molecule has 2 aromatic rings. The zero-order valence-electron chi connectivity index (χ0n) is 10.2. The van der Waals surface area contributed by atoms with E-state index < -0.39 is 0 Å². The summed E-state index contributed by atoms with van der Waals surface area (Å²) in [7, 11) is 0. The lowest BCUT2D eigenvalue weighted by molar-refractivity contribution is 0.338. The van der Waals surface area contributed by atoms with E-state index in [1.54, 1.807) is 0 Å². The molecule has 2 aromatic carbocycles. The fourth-order valence-corrected chi connectivity index (χ4v) is 1.79. The number of halogens is 1. The SMILES string of the molecule is CCOc1cccc(Oc2cccc(CCl)c2)c1. The fraction of sp³-hybridized carbons (Fsp3) is 0.200. The molecule has 0 saturated carbocycles. The molecule has 18 heavy (non-hydrogen) atoms. The molecule has 0 amide bonds. The Balaban J connectivity index is 2.14. The minimum Gasteiger partial charge on any atom is -0.494 e. The molecule has 0 fully saturated rings. The first-order chi connectivity index (χ1) is 8.81. The third-order valence-electron chi connectivity index (χ3n) is 2.40. The van der Waals surface area contributed by atoms with E-state index in [0.717, 1.165) is 22.8 Å². The van der Waals surface area contributed by atoms with Crippen molar-refractivity contribution in [1.82, 2.24) is 0 Å². The van der Waals surface area contributed by atoms with E-state index in [-0.39, 0.29) is 0 Å². The molecule has 0 unspecified atom stereocenters. The van der Waals surface area contributed by atoms with Crippen LogP contribution in [0, 0.1) is 0 Å². The molecular formula is C15H15ClO2. The Bertz CT molecular complexity index is 511. The molecule has 0 radical (unpaired) electrons. The maximum absolute atomic E-state index is 5.79. The second kappa shape index (κ2) is 6.31. The highest BCUT2D eigenvalue weighted by atomic mass is 35.5. The minimum atomic E-state index is 0.482. The monoisotopic (exact) mass is 262 g/mol. The average Bonchev–Trinajstić information content (AvgIpc) is 2.40. The Morgan fingerprint density at radius 2 is 1.61 bits per heavy atom. The van der Waals surface area contributed by atoms with Gasteiger partial charge >= 0.3 is 0 Å². The van der Waals surface area contributed by atoms with Gasteiger partial charge in [-0.2, -0.15) is 0 Å². The molecule has 2 rings (SSSR count). The first-order valence-corrected chi connectivity index (χ1v) is 6.41. The molecule has 0 N–H and O–H groups in total. The van der Waals surface area contributed by atoms with Gasteiger partial charge in [-0.25, -0.2) is 0 Å². The largest absolute Gasteiger partial charge is 0.494 e. The zero-order valence-corrected chi connectivity index (χ0v) is 11.0. The van der Waals surface area contributed by atoms with Gasteiger partial charge in [-0.3, -0.25) is 0 Å². The Morgan fingerprint density at radius 1 is 0.944 bits per heavy atom. The Hall–Kier alpha value is -1.67. The number of hydrogen-bond acceptors (Lipinski definition) is 2. The van der Waals surface area contributed by atoms with Gasteiger partial charge in [0.05, 0.1) is 6.61 Å². The molecular weight excluding hydrogens is 248 g/mol. The van der Waals surface area contributed by atoms with Crippen LogP contribution in [0.25, 0.3) is 0 Å². The molecule has 3 heteroatoms. The molecule has 2 nitrogen and oxygen atoms in total. The number of ether oxygens (including phenoxy) is 2. The molecule has 0 atom stereocenters. The molecule has 0 spiro atoms. The summed E-state index contributed by atoms with van der Waals surface area (Å²) < 4.78 is 11.2. The van der Waals surface area contributed by atoms with Crippen LogP contribution in [-0.4, -0.2) is 6.61 Å². The molecule has 0 aliphatic heterocycles. The van der Waals surface area contributed by atoms with Crippen LogP contribution in [0.5, 0.6) is 17.2 Å². The summed E-state index contributed by atoms with van der Waals surface area (Å²) in [5.74, 6) is 2.83. The van der Waals surface area contributed by atoms with Crippen molar-refractivity contribution in [1.29, 1.82) is 0 Å². The van der Waals surface area contributed by atoms with Crippen LogP contribution in [0.15, 0.2) is 48.5 Å². The van der Waals surface area contributed by atoms with Crippen LogP contribution in [0.4, 0.5) is 0 Å². The number of alkyl halides is 1. The van der Waals surface area contributed by atoms with Crippen LogP contribution in [-0.2, 0) is 5.88 Å². The number of rotatable bonds is 5. The molecule has 0 saturated heterocycles. The van der Waals surface area contributed by atoms with Crippen molar-refractivity contribution in [2.45, 2.75) is 12.8 Å². The van der Waals surface area contributed by atoms with Crippen molar-refractivity contribution >= 4 is 11.6 Å². The van der Waals surface area contributed by atoms with Crippen molar-refractivity contribution in [2.24, 2.45) is 0 Å². The maximum Gasteiger partial charge on any atom is 0.131 e. The Morgan fingerprint density at radius 3 is 2.33 bits per heavy atom. The summed E-state index contributed by atoms with van der Waals surface area (Å²) in [6.45, 7) is 2.60. The van der Waals surface area contributed by atoms with E-state index in [1.807, 2.05) is 55.5 Å². The summed E-state index contributed by atoms with van der Waals surface area (Å²) in [4.78, 5) is 0. The van der Waals surface area contributed by atoms with E-state index in [0.29, 0.717) is 12.5 Å². The van der Waals surface area contributed by atoms with Crippen molar-refractivity contribution < 1.29 is 9.47 Å². The number of benzene rings is 2. The first kappa shape index (κ1) is 12.8. The fourth-order valence-electron chi connectivity index (χ4n) is 1.62. The quantitative estimate of drug-likeness (QED) is 0.732. The molecule has 0 heterocycles. The standard InChI is InChI=1S/C15H15ClO2/c1-2-17-13-6-4-8-15(10-13)18-14-7-3-5-12(9-14)11-16/h3-10H,2,11H2,1H3. The van der Waals surface area contributed by atoms with E-state index in [2.05, 4.69) is 0 Å². The van der Waals surface area contributed by atoms with Gasteiger partial charge in [-0.15, -0.1) is 11.6 Å². The van der Waals surface area contributed by atoms with Gasteiger partial charge in [0.25, 0.3) is 0 Å². The smallest absolute Gasteiger partial charge is 0.131 e. The van der Waals surface area contributed by atoms with Crippen LogP contribution < -0.4 is 9.47 Å². The van der Waals surface area contributed by atoms with Crippen molar-refractivity contribution in [2.75, 3.05) is 6.61 Å². The normalized spacial score (nSPS) is 10.1. The lowest BCUT2D eigenvalue weighted by atomic mass is 10.2. The van der Waals surface area contributed by atoms with Gasteiger partial charge in [0.1, 0.15) is 17.2 Å². The average molecular weight is 263 g/mol. The van der Waals surface area contributed by atoms with Gasteiger partial charge in [-0.05, 0) is 36.8 Å². The zero-order chi connectivity index (χ0) is 12.8. The Kier molecular flexibility index (Phi) is 4.48. The summed E-state index contributed by atoms with van der Waals surface area (Å²) in [6, 6.07) is 15.3. The molecule has 94 valence electrons. The second-order valence-electron chi connectivity index (χ2n) is 3.79. The van der Waals surface area contributed by atoms with Crippen LogP contribution >= 0.6 is 11.6 Å². The van der Waals surface area contributed by atoms with Crippen LogP contribution in [0.2, 0.25) is 0 Å². The van der Waals surface area contributed by atoms with Gasteiger partial charge in [0, 0.05) is 11.9 Å². The van der Waals surface area contributed by atoms with Crippen molar-refractivity contribution in [3.05, 3.63) is 54.1 Å². The van der Waals surface area contributed by atoms with Gasteiger partial charge in [0.15, 0.2) is 0 Å². The first-order valence-electron chi connectivity index (χ1n) is 5.87. The van der Waals surface area contributed by atoms with Gasteiger partial charge < -0.3 is 9.47 Å². The highest BCUT2D eigenvalue weighted by molar-refractivity contribution is 6.17. The van der Waals surface area contributed by atoms with Crippen LogP contribution in [0.1, 0.15) is 12.5 Å². The summed E-state index contributed by atoms with van der Waals surface area (Å²) in [5, 5.41) is 0. The highest BCUT2D eigenvalue weighted by Gasteiger charge is 2.00. The third kappa shape index (κ3) is 3.41. The van der Waals surface area contributed by atoms with Gasteiger partial charge in [-0.1, -0.05) is 18.2 Å². The van der Waals surface area contributed by atoms with Crippen molar-refractivity contribution in [3.8, 4) is 17.2 Å². The van der Waals surface area contributed by atoms with E-state index in [1.165, 1.54) is 0 Å². The lowest BCUT2D eigenvalue weighted by Crippen LogP contribution is -1.92. The molecule has 0 bridgehead atoms. The second-order valence-corrected chi connectivity index (χ2v) is 4.06. The van der Waals surface area contributed by atoms with Crippen LogP contribution in [0.3, 0.4) is 0 Å². The predicted octanol–water partition coefficient (Wildman–Crippen LogP) is 4.62. The highest BCUT2D eigenvalue weighted by Crippen LogP contribution is 2.26. The molecule has 0 aromatic heterocycles. The molecule has 0 aliphatic rings. The van der Waals surface area contributed by atoms with E-state index in [4.69, 9.17) is 21.1 Å². The molecule has 0 aliphatic carbocycles. The topological polar surface area (TPSA) is 18.5 Å².